The first kappa shape index (κ1) is 22.4. The van der Waals surface area contributed by atoms with Crippen LogP contribution in [0.4, 0.5) is 5.69 Å². The van der Waals surface area contributed by atoms with Crippen LogP contribution in [0.25, 0.3) is 0 Å². The van der Waals surface area contributed by atoms with Crippen molar-refractivity contribution in [1.29, 1.82) is 0 Å². The molecule has 31 heavy (non-hydrogen) atoms. The van der Waals surface area contributed by atoms with Gasteiger partial charge in [0.1, 0.15) is 6.04 Å². The van der Waals surface area contributed by atoms with E-state index in [0.29, 0.717) is 30.1 Å². The molecular formula is C22H28ClN3O4S. The van der Waals surface area contributed by atoms with E-state index in [0.717, 1.165) is 12.8 Å². The van der Waals surface area contributed by atoms with Crippen LogP contribution in [0.2, 0.25) is 5.02 Å². The Balaban J connectivity index is 1.66. The second-order valence-corrected chi connectivity index (χ2v) is 10.4. The van der Waals surface area contributed by atoms with Crippen LogP contribution in [0.15, 0.2) is 24.3 Å². The molecule has 168 valence electrons. The number of likely N-dealkylation sites (tertiary alicyclic amines) is 1. The van der Waals surface area contributed by atoms with Gasteiger partial charge in [0.2, 0.25) is 17.7 Å². The van der Waals surface area contributed by atoms with Crippen LogP contribution in [0.5, 0.6) is 0 Å². The lowest BCUT2D eigenvalue weighted by atomic mass is 9.70. The summed E-state index contributed by atoms with van der Waals surface area (Å²) in [4.78, 5) is 41.6. The summed E-state index contributed by atoms with van der Waals surface area (Å²) in [6.07, 6.45) is 2.73. The third kappa shape index (κ3) is 3.72. The van der Waals surface area contributed by atoms with Gasteiger partial charge >= 0.3 is 0 Å². The van der Waals surface area contributed by atoms with Crippen molar-refractivity contribution in [3.63, 3.8) is 0 Å². The number of nitrogens with one attached hydrogen (secondary N) is 2. The molecule has 4 rings (SSSR count). The zero-order valence-corrected chi connectivity index (χ0v) is 19.0. The van der Waals surface area contributed by atoms with Crippen LogP contribution in [-0.2, 0) is 14.4 Å². The minimum Gasteiger partial charge on any atom is -0.396 e. The number of hydrogen-bond acceptors (Lipinski definition) is 5. The van der Waals surface area contributed by atoms with E-state index in [1.165, 1.54) is 0 Å². The third-order valence-corrected chi connectivity index (χ3v) is 8.87. The van der Waals surface area contributed by atoms with E-state index in [-0.39, 0.29) is 36.1 Å². The molecular weight excluding hydrogens is 438 g/mol. The van der Waals surface area contributed by atoms with Crippen LogP contribution in [0, 0.1) is 11.8 Å². The molecule has 0 radical (unpaired) electrons. The Bertz CT molecular complexity index is 884. The molecule has 1 spiro atoms. The number of carbonyl (C=O) groups is 3. The lowest BCUT2D eigenvalue weighted by Gasteiger charge is -2.34. The van der Waals surface area contributed by atoms with Gasteiger partial charge in [-0.25, -0.2) is 0 Å². The normalized spacial score (nSPS) is 31.1. The molecule has 3 aliphatic rings. The number of nitrogens with zero attached hydrogens (tertiary/aromatic N) is 1. The summed E-state index contributed by atoms with van der Waals surface area (Å²) >= 11 is 7.87. The highest BCUT2D eigenvalue weighted by Gasteiger charge is 2.73. The minimum absolute atomic E-state index is 0.0430. The number of aliphatic hydroxyl groups is 1. The Kier molecular flexibility index (Phi) is 6.51. The van der Waals surface area contributed by atoms with Gasteiger partial charge in [-0.2, -0.15) is 0 Å². The molecule has 0 saturated carbocycles. The second kappa shape index (κ2) is 9.00. The first-order valence-corrected chi connectivity index (χ1v) is 12.1. The average molecular weight is 466 g/mol. The molecule has 2 unspecified atom stereocenters. The van der Waals surface area contributed by atoms with Gasteiger partial charge in [-0.3, -0.25) is 14.4 Å². The van der Waals surface area contributed by atoms with Crippen molar-refractivity contribution in [3.05, 3.63) is 29.3 Å². The quantitative estimate of drug-likeness (QED) is 0.547. The minimum atomic E-state index is -0.702. The number of fused-ring (bicyclic) bond motifs is 1. The third-order valence-electron chi connectivity index (χ3n) is 6.59. The van der Waals surface area contributed by atoms with Crippen molar-refractivity contribution in [2.45, 2.75) is 48.6 Å². The predicted octanol–water partition coefficient (Wildman–Crippen LogP) is 2.28. The fourth-order valence-electron chi connectivity index (χ4n) is 5.37. The summed E-state index contributed by atoms with van der Waals surface area (Å²) in [6, 6.07) is 6.30. The molecule has 3 fully saturated rings. The maximum atomic E-state index is 13.5. The van der Waals surface area contributed by atoms with E-state index in [1.54, 1.807) is 40.9 Å². The van der Waals surface area contributed by atoms with Crippen LogP contribution in [-0.4, -0.2) is 63.5 Å². The molecule has 1 aromatic carbocycles. The summed E-state index contributed by atoms with van der Waals surface area (Å²) in [5, 5.41) is 15.7. The van der Waals surface area contributed by atoms with Crippen molar-refractivity contribution in [2.24, 2.45) is 11.8 Å². The van der Waals surface area contributed by atoms with E-state index < -0.39 is 22.6 Å². The standard InChI is InChI=1S/C22H28ClN3O4S/c1-2-10-24-19(28)16-15-8-9-22(31-15)17(16)21(30)26(11-5-12-27)18(22)20(29)25-14-7-4-3-6-13(14)23/h3-4,6-7,15-18,27H,2,5,8-12H2,1H3,(H,24,28)(H,25,29)/t15-,16+,17-,18?,22?/m0/s1. The fraction of sp³-hybridized carbons (Fsp3) is 0.591. The molecule has 3 heterocycles. The molecule has 7 nitrogen and oxygen atoms in total. The average Bonchev–Trinajstić information content (AvgIpc) is 3.39. The van der Waals surface area contributed by atoms with Gasteiger partial charge in [-0.1, -0.05) is 30.7 Å². The Labute approximate surface area is 191 Å². The molecule has 0 aromatic heterocycles. The lowest BCUT2D eigenvalue weighted by molar-refractivity contribution is -0.139. The maximum absolute atomic E-state index is 13.5. The monoisotopic (exact) mass is 465 g/mol. The molecule has 5 atom stereocenters. The fourth-order valence-corrected chi connectivity index (χ4v) is 7.77. The molecule has 3 amide bonds. The molecule has 1 aromatic rings. The zero-order valence-electron chi connectivity index (χ0n) is 17.5. The Hall–Kier alpha value is -1.77. The van der Waals surface area contributed by atoms with Gasteiger partial charge in [0, 0.05) is 24.9 Å². The first-order chi connectivity index (χ1) is 14.9. The van der Waals surface area contributed by atoms with Gasteiger partial charge in [0.05, 0.1) is 27.3 Å². The lowest BCUT2D eigenvalue weighted by Crippen LogP contribution is -2.52. The van der Waals surface area contributed by atoms with Gasteiger partial charge in [-0.05, 0) is 37.8 Å². The molecule has 3 N–H and O–H groups in total. The number of carbonyl (C=O) groups excluding carboxylic acids is 3. The summed E-state index contributed by atoms with van der Waals surface area (Å²) in [6.45, 7) is 2.77. The Morgan fingerprint density at radius 1 is 1.32 bits per heavy atom. The number of amides is 3. The molecule has 2 bridgehead atoms. The first-order valence-electron chi connectivity index (χ1n) is 10.9. The second-order valence-electron chi connectivity index (χ2n) is 8.42. The smallest absolute Gasteiger partial charge is 0.248 e. The summed E-state index contributed by atoms with van der Waals surface area (Å²) < 4.78 is -0.628. The highest BCUT2D eigenvalue weighted by atomic mass is 35.5. The van der Waals surface area contributed by atoms with Crippen LogP contribution < -0.4 is 10.6 Å². The number of hydrogen-bond donors (Lipinski definition) is 3. The van der Waals surface area contributed by atoms with Crippen molar-refractivity contribution in [3.8, 4) is 0 Å². The highest BCUT2D eigenvalue weighted by molar-refractivity contribution is 8.02. The number of benzene rings is 1. The molecule has 3 aliphatic heterocycles. The van der Waals surface area contributed by atoms with Crippen molar-refractivity contribution >= 4 is 46.8 Å². The summed E-state index contributed by atoms with van der Waals surface area (Å²) in [5.74, 6) is -1.47. The van der Waals surface area contributed by atoms with Crippen molar-refractivity contribution in [2.75, 3.05) is 25.0 Å². The maximum Gasteiger partial charge on any atom is 0.248 e. The van der Waals surface area contributed by atoms with E-state index >= 15 is 0 Å². The van der Waals surface area contributed by atoms with Crippen LogP contribution >= 0.6 is 23.4 Å². The number of para-hydroxylation sites is 1. The van der Waals surface area contributed by atoms with E-state index in [2.05, 4.69) is 10.6 Å². The largest absolute Gasteiger partial charge is 0.396 e. The topological polar surface area (TPSA) is 98.7 Å². The zero-order chi connectivity index (χ0) is 22.2. The van der Waals surface area contributed by atoms with Gasteiger partial charge in [-0.15, -0.1) is 11.8 Å². The van der Waals surface area contributed by atoms with Gasteiger partial charge < -0.3 is 20.6 Å². The molecule has 0 aliphatic carbocycles. The van der Waals surface area contributed by atoms with Crippen LogP contribution in [0.1, 0.15) is 32.6 Å². The van der Waals surface area contributed by atoms with Gasteiger partial charge in [0.15, 0.2) is 0 Å². The summed E-state index contributed by atoms with van der Waals surface area (Å²) in [7, 11) is 0. The van der Waals surface area contributed by atoms with Crippen molar-refractivity contribution < 1.29 is 19.5 Å². The van der Waals surface area contributed by atoms with E-state index in [1.807, 2.05) is 6.92 Å². The number of anilines is 1. The van der Waals surface area contributed by atoms with E-state index in [4.69, 9.17) is 11.6 Å². The number of halogens is 1. The predicted molar refractivity (Wildman–Crippen MR) is 121 cm³/mol. The van der Waals surface area contributed by atoms with Crippen molar-refractivity contribution in [1.82, 2.24) is 10.2 Å². The van der Waals surface area contributed by atoms with Gasteiger partial charge in [0.25, 0.3) is 0 Å². The Morgan fingerprint density at radius 3 is 2.81 bits per heavy atom. The number of thioether (sulfide) groups is 1. The van der Waals surface area contributed by atoms with E-state index in [9.17, 15) is 19.5 Å². The molecule has 3 saturated heterocycles. The Morgan fingerprint density at radius 2 is 2.10 bits per heavy atom. The summed E-state index contributed by atoms with van der Waals surface area (Å²) in [5.41, 5.74) is 0.498. The number of aliphatic hydroxyl groups excluding tert-OH is 1. The number of rotatable bonds is 8. The van der Waals surface area contributed by atoms with Crippen LogP contribution in [0.3, 0.4) is 0 Å². The molecule has 9 heteroatoms. The SMILES string of the molecule is CCCNC(=O)[C@@H]1[C@@H]2CCC3(S2)C(C(=O)Nc2ccccc2Cl)N(CCCO)C(=O)[C@H]13. The highest BCUT2D eigenvalue weighted by Crippen LogP contribution is 2.66.